The van der Waals surface area contributed by atoms with Crippen molar-refractivity contribution in [3.05, 3.63) is 0 Å². The molecule has 1 N–H and O–H groups in total. The zero-order valence-electron chi connectivity index (χ0n) is 9.58. The lowest BCUT2D eigenvalue weighted by molar-refractivity contribution is -0.166. The average molecular weight is 239 g/mol. The van der Waals surface area contributed by atoms with E-state index in [1.54, 1.807) is 20.8 Å². The molecule has 7 heteroatoms. The molecule has 0 heterocycles. The summed E-state index contributed by atoms with van der Waals surface area (Å²) in [5.41, 5.74) is -0.816. The summed E-state index contributed by atoms with van der Waals surface area (Å²) in [6.45, 7) is 3.51. The van der Waals surface area contributed by atoms with Gasteiger partial charge in [-0.05, 0) is 20.8 Å². The molecule has 0 bridgehead atoms. The number of hydrogen-bond acceptors (Lipinski definition) is 3. The summed E-state index contributed by atoms with van der Waals surface area (Å²) < 4.78 is 30.3. The number of hydrogen-bond donors (Lipinski definition) is 1. The van der Waals surface area contributed by atoms with Gasteiger partial charge in [-0.15, -0.1) is 0 Å². The van der Waals surface area contributed by atoms with Crippen molar-refractivity contribution in [2.24, 2.45) is 0 Å². The topological polar surface area (TPSA) is 66.8 Å². The summed E-state index contributed by atoms with van der Waals surface area (Å²) in [5.74, 6) is -6.26. The number of carbonyl (C=O) groups is 2. The summed E-state index contributed by atoms with van der Waals surface area (Å²) in [5, 5.41) is 8.18. The maximum Gasteiger partial charge on any atom is 0.410 e. The molecule has 0 aliphatic rings. The van der Waals surface area contributed by atoms with E-state index >= 15 is 0 Å². The molecular formula is C9H15F2NO4. The minimum atomic E-state index is -3.98. The van der Waals surface area contributed by atoms with Crippen LogP contribution in [0.1, 0.15) is 20.8 Å². The highest BCUT2D eigenvalue weighted by Crippen LogP contribution is 2.16. The van der Waals surface area contributed by atoms with Gasteiger partial charge in [-0.1, -0.05) is 0 Å². The second-order valence-electron chi connectivity index (χ2n) is 4.35. The van der Waals surface area contributed by atoms with Crippen molar-refractivity contribution in [1.82, 2.24) is 4.90 Å². The Morgan fingerprint density at radius 2 is 1.75 bits per heavy atom. The average Bonchev–Trinajstić information content (AvgIpc) is 1.99. The van der Waals surface area contributed by atoms with Gasteiger partial charge in [0.05, 0.1) is 6.54 Å². The molecule has 0 atom stereocenters. The molecule has 0 aliphatic carbocycles. The minimum Gasteiger partial charge on any atom is -0.477 e. The van der Waals surface area contributed by atoms with Crippen molar-refractivity contribution in [2.75, 3.05) is 13.6 Å². The number of aliphatic carboxylic acids is 1. The van der Waals surface area contributed by atoms with Gasteiger partial charge in [0.25, 0.3) is 0 Å². The van der Waals surface area contributed by atoms with Crippen molar-refractivity contribution >= 4 is 12.1 Å². The first-order chi connectivity index (χ1) is 6.96. The SMILES string of the molecule is CN(CC(F)(F)C(=O)O)C(=O)OC(C)(C)C. The number of halogens is 2. The summed E-state index contributed by atoms with van der Waals surface area (Å²) >= 11 is 0. The van der Waals surface area contributed by atoms with Gasteiger partial charge in [0.1, 0.15) is 5.60 Å². The number of carboxylic acids is 1. The van der Waals surface area contributed by atoms with Crippen LogP contribution in [0.4, 0.5) is 13.6 Å². The second-order valence-corrected chi connectivity index (χ2v) is 4.35. The Labute approximate surface area is 92.0 Å². The quantitative estimate of drug-likeness (QED) is 0.811. The van der Waals surface area contributed by atoms with Crippen molar-refractivity contribution in [3.63, 3.8) is 0 Å². The maximum absolute atomic E-state index is 12.7. The number of nitrogens with zero attached hydrogens (tertiary/aromatic N) is 1. The normalized spacial score (nSPS) is 12.1. The van der Waals surface area contributed by atoms with Crippen LogP contribution >= 0.6 is 0 Å². The zero-order chi connectivity index (χ0) is 13.1. The van der Waals surface area contributed by atoms with Crippen molar-refractivity contribution in [2.45, 2.75) is 32.3 Å². The third kappa shape index (κ3) is 4.90. The Balaban J connectivity index is 4.43. The number of amides is 1. The van der Waals surface area contributed by atoms with E-state index in [1.807, 2.05) is 0 Å². The second kappa shape index (κ2) is 4.63. The van der Waals surface area contributed by atoms with Gasteiger partial charge in [0.15, 0.2) is 0 Å². The largest absolute Gasteiger partial charge is 0.477 e. The van der Waals surface area contributed by atoms with Crippen LogP contribution in [0, 0.1) is 0 Å². The van der Waals surface area contributed by atoms with E-state index in [4.69, 9.17) is 9.84 Å². The molecule has 5 nitrogen and oxygen atoms in total. The first-order valence-corrected chi connectivity index (χ1v) is 4.51. The standard InChI is InChI=1S/C9H15F2NO4/c1-8(2,3)16-7(15)12(4)5-9(10,11)6(13)14/h5H2,1-4H3,(H,13,14). The maximum atomic E-state index is 12.7. The van der Waals surface area contributed by atoms with Gasteiger partial charge >= 0.3 is 18.0 Å². The fourth-order valence-corrected chi connectivity index (χ4v) is 0.770. The summed E-state index contributed by atoms with van der Waals surface area (Å²) in [6, 6.07) is 0. The first kappa shape index (κ1) is 14.6. The fraction of sp³-hybridized carbons (Fsp3) is 0.778. The van der Waals surface area contributed by atoms with Crippen LogP contribution in [-0.4, -0.2) is 47.2 Å². The highest BCUT2D eigenvalue weighted by molar-refractivity contribution is 5.77. The molecule has 0 radical (unpaired) electrons. The van der Waals surface area contributed by atoms with Crippen molar-refractivity contribution < 1.29 is 28.2 Å². The molecule has 0 aromatic rings. The van der Waals surface area contributed by atoms with Gasteiger partial charge in [-0.3, -0.25) is 0 Å². The van der Waals surface area contributed by atoms with Crippen LogP contribution in [0.25, 0.3) is 0 Å². The monoisotopic (exact) mass is 239 g/mol. The molecule has 1 amide bonds. The number of ether oxygens (including phenoxy) is 1. The number of carbonyl (C=O) groups excluding carboxylic acids is 1. The van der Waals surface area contributed by atoms with E-state index in [1.165, 1.54) is 0 Å². The lowest BCUT2D eigenvalue weighted by Gasteiger charge is -2.26. The predicted molar refractivity (Wildman–Crippen MR) is 51.4 cm³/mol. The lowest BCUT2D eigenvalue weighted by atomic mass is 10.2. The summed E-state index contributed by atoms with van der Waals surface area (Å²) in [6.07, 6.45) is -0.992. The molecule has 0 unspecified atom stereocenters. The molecule has 16 heavy (non-hydrogen) atoms. The van der Waals surface area contributed by atoms with E-state index in [-0.39, 0.29) is 0 Å². The van der Waals surface area contributed by atoms with Gasteiger partial charge < -0.3 is 14.7 Å². The van der Waals surface area contributed by atoms with Crippen LogP contribution in [0.3, 0.4) is 0 Å². The van der Waals surface area contributed by atoms with Gasteiger partial charge in [-0.2, -0.15) is 8.78 Å². The first-order valence-electron chi connectivity index (χ1n) is 4.51. The number of alkyl halides is 2. The highest BCUT2D eigenvalue weighted by Gasteiger charge is 2.41. The van der Waals surface area contributed by atoms with Gasteiger partial charge in [0.2, 0.25) is 0 Å². The number of carboxylic acid groups (broad SMARTS) is 1. The van der Waals surface area contributed by atoms with E-state index in [9.17, 15) is 18.4 Å². The molecule has 94 valence electrons. The Bertz CT molecular complexity index is 286. The van der Waals surface area contributed by atoms with Crippen LogP contribution in [0.15, 0.2) is 0 Å². The smallest absolute Gasteiger partial charge is 0.410 e. The third-order valence-corrected chi connectivity index (χ3v) is 1.45. The molecule has 0 spiro atoms. The molecule has 0 rings (SSSR count). The Hall–Kier alpha value is -1.40. The number of rotatable bonds is 3. The fourth-order valence-electron chi connectivity index (χ4n) is 0.770. The molecule has 0 saturated heterocycles. The molecule has 0 aromatic heterocycles. The summed E-state index contributed by atoms with van der Waals surface area (Å²) in [7, 11) is 1.05. The molecule has 0 aromatic carbocycles. The van der Waals surface area contributed by atoms with Gasteiger partial charge in [-0.25, -0.2) is 9.59 Å². The Morgan fingerprint density at radius 3 is 2.06 bits per heavy atom. The molecule has 0 aliphatic heterocycles. The Kier molecular flexibility index (Phi) is 4.22. The van der Waals surface area contributed by atoms with Crippen molar-refractivity contribution in [1.29, 1.82) is 0 Å². The zero-order valence-corrected chi connectivity index (χ0v) is 9.58. The molecule has 0 fully saturated rings. The van der Waals surface area contributed by atoms with Crippen LogP contribution < -0.4 is 0 Å². The molecular weight excluding hydrogens is 224 g/mol. The van der Waals surface area contributed by atoms with Crippen LogP contribution in [0.2, 0.25) is 0 Å². The van der Waals surface area contributed by atoms with E-state index in [2.05, 4.69) is 0 Å². The predicted octanol–water partition coefficient (Wildman–Crippen LogP) is 1.57. The third-order valence-electron chi connectivity index (χ3n) is 1.45. The van der Waals surface area contributed by atoms with E-state index in [0.29, 0.717) is 4.90 Å². The van der Waals surface area contributed by atoms with Crippen LogP contribution in [-0.2, 0) is 9.53 Å². The summed E-state index contributed by atoms with van der Waals surface area (Å²) in [4.78, 5) is 21.9. The lowest BCUT2D eigenvalue weighted by Crippen LogP contribution is -2.44. The Morgan fingerprint density at radius 1 is 1.31 bits per heavy atom. The molecule has 0 saturated carbocycles. The minimum absolute atomic E-state index is 0.527. The van der Waals surface area contributed by atoms with Crippen LogP contribution in [0.5, 0.6) is 0 Å². The van der Waals surface area contributed by atoms with Crippen molar-refractivity contribution in [3.8, 4) is 0 Å². The van der Waals surface area contributed by atoms with E-state index < -0.39 is 30.1 Å². The van der Waals surface area contributed by atoms with Gasteiger partial charge in [0, 0.05) is 7.05 Å². The highest BCUT2D eigenvalue weighted by atomic mass is 19.3. The van der Waals surface area contributed by atoms with E-state index in [0.717, 1.165) is 7.05 Å².